The SMILES string of the molecule is CCC(C)=O.[C-]#[N+]CC(=O)OC. The van der Waals surface area contributed by atoms with E-state index < -0.39 is 5.97 Å². The maximum Gasteiger partial charge on any atom is 0.386 e. The fourth-order valence-corrected chi connectivity index (χ4v) is 0.129. The van der Waals surface area contributed by atoms with Crippen molar-refractivity contribution < 1.29 is 14.3 Å². The van der Waals surface area contributed by atoms with Gasteiger partial charge in [-0.3, -0.25) is 0 Å². The Labute approximate surface area is 72.3 Å². The van der Waals surface area contributed by atoms with E-state index >= 15 is 0 Å². The molecule has 0 N–H and O–H groups in total. The molecule has 0 aromatic rings. The van der Waals surface area contributed by atoms with Gasteiger partial charge in [0.25, 0.3) is 0 Å². The number of Topliss-reactive ketones (excluding diaryl/α,β-unsaturated/α-hetero) is 1. The van der Waals surface area contributed by atoms with Crippen molar-refractivity contribution in [2.45, 2.75) is 20.3 Å². The Morgan fingerprint density at radius 3 is 2.00 bits per heavy atom. The first-order chi connectivity index (χ1) is 5.58. The third-order valence-electron chi connectivity index (χ3n) is 0.934. The Balaban J connectivity index is 0. The first kappa shape index (κ1) is 13.2. The highest BCUT2D eigenvalue weighted by atomic mass is 16.5. The van der Waals surface area contributed by atoms with Crippen LogP contribution in [0, 0.1) is 6.57 Å². The van der Waals surface area contributed by atoms with Crippen LogP contribution in [0.2, 0.25) is 0 Å². The number of carbonyl (C=O) groups is 2. The number of methoxy groups -OCH3 is 1. The van der Waals surface area contributed by atoms with Crippen molar-refractivity contribution in [3.05, 3.63) is 11.4 Å². The number of carbonyl (C=O) groups excluding carboxylic acids is 2. The van der Waals surface area contributed by atoms with Crippen molar-refractivity contribution in [2.75, 3.05) is 13.7 Å². The van der Waals surface area contributed by atoms with Gasteiger partial charge in [0.2, 0.25) is 0 Å². The Morgan fingerprint density at radius 2 is 1.92 bits per heavy atom. The zero-order chi connectivity index (χ0) is 9.98. The molecule has 0 amide bonds. The third kappa shape index (κ3) is 15.9. The molecule has 0 rings (SSSR count). The molecular weight excluding hydrogens is 158 g/mol. The number of esters is 1. The largest absolute Gasteiger partial charge is 0.464 e. The van der Waals surface area contributed by atoms with Crippen LogP contribution in [0.3, 0.4) is 0 Å². The molecule has 68 valence electrons. The van der Waals surface area contributed by atoms with Crippen LogP contribution in [0.25, 0.3) is 4.85 Å². The maximum absolute atomic E-state index is 9.98. The van der Waals surface area contributed by atoms with Gasteiger partial charge >= 0.3 is 12.5 Å². The Bertz CT molecular complexity index is 181. The van der Waals surface area contributed by atoms with Gasteiger partial charge < -0.3 is 14.4 Å². The first-order valence-corrected chi connectivity index (χ1v) is 3.47. The van der Waals surface area contributed by atoms with Gasteiger partial charge in [0, 0.05) is 6.42 Å². The van der Waals surface area contributed by atoms with Gasteiger partial charge in [-0.05, 0) is 6.92 Å². The molecule has 0 fully saturated rings. The molecule has 0 bridgehead atoms. The van der Waals surface area contributed by atoms with E-state index in [9.17, 15) is 9.59 Å². The molecule has 0 spiro atoms. The Hall–Kier alpha value is -1.37. The van der Waals surface area contributed by atoms with Crippen molar-refractivity contribution in [3.8, 4) is 0 Å². The monoisotopic (exact) mass is 171 g/mol. The van der Waals surface area contributed by atoms with Crippen LogP contribution in [0.5, 0.6) is 0 Å². The quantitative estimate of drug-likeness (QED) is 0.461. The topological polar surface area (TPSA) is 47.7 Å². The average Bonchev–Trinajstić information content (AvgIpc) is 2.06. The summed E-state index contributed by atoms with van der Waals surface area (Å²) in [6.07, 6.45) is 0.667. The summed E-state index contributed by atoms with van der Waals surface area (Å²) >= 11 is 0. The molecule has 0 saturated carbocycles. The highest BCUT2D eigenvalue weighted by molar-refractivity contribution is 5.74. The van der Waals surface area contributed by atoms with Crippen LogP contribution in [-0.2, 0) is 14.3 Å². The van der Waals surface area contributed by atoms with Gasteiger partial charge in [-0.25, -0.2) is 11.4 Å². The van der Waals surface area contributed by atoms with Crippen LogP contribution in [0.4, 0.5) is 0 Å². The lowest BCUT2D eigenvalue weighted by Gasteiger charge is -1.83. The molecule has 0 radical (unpaired) electrons. The van der Waals surface area contributed by atoms with E-state index in [2.05, 4.69) is 9.58 Å². The molecule has 12 heavy (non-hydrogen) atoms. The lowest BCUT2D eigenvalue weighted by molar-refractivity contribution is -0.138. The highest BCUT2D eigenvalue weighted by Gasteiger charge is 1.98. The normalized spacial score (nSPS) is 7.17. The number of nitrogens with zero attached hydrogens (tertiary/aromatic N) is 1. The van der Waals surface area contributed by atoms with Crippen LogP contribution in [-0.4, -0.2) is 25.4 Å². The molecule has 0 unspecified atom stereocenters. The molecule has 4 nitrogen and oxygen atoms in total. The van der Waals surface area contributed by atoms with Gasteiger partial charge in [-0.1, -0.05) is 6.92 Å². The number of rotatable bonds is 2. The van der Waals surface area contributed by atoms with E-state index in [0.717, 1.165) is 0 Å². The minimum atomic E-state index is -0.477. The van der Waals surface area contributed by atoms with Crippen molar-refractivity contribution in [2.24, 2.45) is 0 Å². The van der Waals surface area contributed by atoms with E-state index in [1.165, 1.54) is 7.11 Å². The van der Waals surface area contributed by atoms with Crippen molar-refractivity contribution >= 4 is 11.8 Å². The number of ether oxygens (including phenoxy) is 1. The molecule has 0 aliphatic carbocycles. The summed E-state index contributed by atoms with van der Waals surface area (Å²) in [4.78, 5) is 22.6. The molecule has 0 saturated heterocycles. The molecule has 0 aliphatic heterocycles. The molecule has 4 heteroatoms. The zero-order valence-electron chi connectivity index (χ0n) is 7.59. The summed E-state index contributed by atoms with van der Waals surface area (Å²) < 4.78 is 4.14. The van der Waals surface area contributed by atoms with E-state index in [4.69, 9.17) is 6.57 Å². The zero-order valence-corrected chi connectivity index (χ0v) is 7.59. The van der Waals surface area contributed by atoms with Gasteiger partial charge in [-0.2, -0.15) is 0 Å². The van der Waals surface area contributed by atoms with E-state index in [1.54, 1.807) is 6.92 Å². The van der Waals surface area contributed by atoms with Crippen molar-refractivity contribution in [3.63, 3.8) is 0 Å². The summed E-state index contributed by atoms with van der Waals surface area (Å²) in [6, 6.07) is 0. The smallest absolute Gasteiger partial charge is 0.386 e. The molecule has 0 aromatic carbocycles. The summed E-state index contributed by atoms with van der Waals surface area (Å²) in [6.45, 7) is 9.42. The van der Waals surface area contributed by atoms with Gasteiger partial charge in [0.05, 0.1) is 7.11 Å². The summed E-state index contributed by atoms with van der Waals surface area (Å²) in [5.74, 6) is -0.222. The average molecular weight is 171 g/mol. The third-order valence-corrected chi connectivity index (χ3v) is 0.934. The fourth-order valence-electron chi connectivity index (χ4n) is 0.129. The minimum Gasteiger partial charge on any atom is -0.464 e. The summed E-state index contributed by atoms with van der Waals surface area (Å²) in [5.41, 5.74) is 0. The molecule has 0 aromatic heterocycles. The highest BCUT2D eigenvalue weighted by Crippen LogP contribution is 1.72. The summed E-state index contributed by atoms with van der Waals surface area (Å²) in [7, 11) is 1.26. The van der Waals surface area contributed by atoms with Gasteiger partial charge in [0.1, 0.15) is 5.78 Å². The van der Waals surface area contributed by atoms with E-state index in [-0.39, 0.29) is 12.3 Å². The van der Waals surface area contributed by atoms with Crippen molar-refractivity contribution in [1.82, 2.24) is 0 Å². The van der Waals surface area contributed by atoms with Crippen molar-refractivity contribution in [1.29, 1.82) is 0 Å². The molecule has 0 aliphatic rings. The van der Waals surface area contributed by atoms with Gasteiger partial charge in [-0.15, -0.1) is 0 Å². The van der Waals surface area contributed by atoms with Crippen LogP contribution < -0.4 is 0 Å². The predicted octanol–water partition coefficient (Wildman–Crippen LogP) is 1.06. The Kier molecular flexibility index (Phi) is 10.6. The standard InChI is InChI=1S/C4H5NO2.C4H8O/c1-5-3-4(6)7-2;1-3-4(2)5/h3H2,2H3;3H2,1-2H3. The van der Waals surface area contributed by atoms with Crippen LogP contribution in [0.15, 0.2) is 0 Å². The van der Waals surface area contributed by atoms with Gasteiger partial charge in [0.15, 0.2) is 0 Å². The second-order valence-corrected chi connectivity index (χ2v) is 1.95. The number of hydrogen-bond donors (Lipinski definition) is 0. The van der Waals surface area contributed by atoms with Crippen LogP contribution >= 0.6 is 0 Å². The fraction of sp³-hybridized carbons (Fsp3) is 0.625. The second kappa shape index (κ2) is 9.63. The number of hydrogen-bond acceptors (Lipinski definition) is 3. The molecule has 0 atom stereocenters. The number of ketones is 1. The van der Waals surface area contributed by atoms with Crippen LogP contribution in [0.1, 0.15) is 20.3 Å². The maximum atomic E-state index is 9.98. The lowest BCUT2D eigenvalue weighted by atomic mass is 10.4. The minimum absolute atomic E-state index is 0.170. The predicted molar refractivity (Wildman–Crippen MR) is 44.5 cm³/mol. The van der Waals surface area contributed by atoms with E-state index in [0.29, 0.717) is 6.42 Å². The molecular formula is C8H13NO3. The second-order valence-electron chi connectivity index (χ2n) is 1.95. The molecule has 0 heterocycles. The summed E-state index contributed by atoms with van der Waals surface area (Å²) in [5, 5.41) is 0. The van der Waals surface area contributed by atoms with E-state index in [1.807, 2.05) is 6.92 Å². The lowest BCUT2D eigenvalue weighted by Crippen LogP contribution is -2.01. The first-order valence-electron chi connectivity index (χ1n) is 3.47. The Morgan fingerprint density at radius 1 is 1.50 bits per heavy atom.